The molecule has 6 heteroatoms. The first-order chi connectivity index (χ1) is 13.7. The van der Waals surface area contributed by atoms with Gasteiger partial charge in [-0.2, -0.15) is 0 Å². The third kappa shape index (κ3) is 6.80. The maximum absolute atomic E-state index is 5.38. The van der Waals surface area contributed by atoms with Gasteiger partial charge in [-0.05, 0) is 54.4 Å². The van der Waals surface area contributed by atoms with Gasteiger partial charge in [0.1, 0.15) is 0 Å². The van der Waals surface area contributed by atoms with Crippen molar-refractivity contribution in [3.05, 3.63) is 59.7 Å². The van der Waals surface area contributed by atoms with E-state index < -0.39 is 0 Å². The van der Waals surface area contributed by atoms with Crippen LogP contribution in [0.5, 0.6) is 11.5 Å². The van der Waals surface area contributed by atoms with Crippen molar-refractivity contribution in [2.45, 2.75) is 25.7 Å². The Labute approximate surface area is 191 Å². The molecule has 0 heterocycles. The molecule has 1 fully saturated rings. The number of hydrogen-bond donors (Lipinski definition) is 2. The lowest BCUT2D eigenvalue weighted by Crippen LogP contribution is -2.41. The van der Waals surface area contributed by atoms with E-state index in [0.29, 0.717) is 5.41 Å². The van der Waals surface area contributed by atoms with E-state index in [0.717, 1.165) is 43.4 Å². The number of nitrogens with one attached hydrogen (secondary N) is 2. The van der Waals surface area contributed by atoms with E-state index in [1.807, 2.05) is 19.2 Å². The van der Waals surface area contributed by atoms with E-state index in [4.69, 9.17) is 9.47 Å². The van der Waals surface area contributed by atoms with E-state index >= 15 is 0 Å². The summed E-state index contributed by atoms with van der Waals surface area (Å²) in [4.78, 5) is 4.37. The van der Waals surface area contributed by atoms with Crippen LogP contribution in [-0.2, 0) is 12.8 Å². The molecule has 29 heavy (non-hydrogen) atoms. The van der Waals surface area contributed by atoms with Crippen LogP contribution in [0.25, 0.3) is 0 Å². The van der Waals surface area contributed by atoms with Gasteiger partial charge >= 0.3 is 0 Å². The number of halogens is 1. The predicted molar refractivity (Wildman–Crippen MR) is 130 cm³/mol. The molecule has 0 unspecified atom stereocenters. The van der Waals surface area contributed by atoms with Crippen molar-refractivity contribution in [3.63, 3.8) is 0 Å². The van der Waals surface area contributed by atoms with E-state index in [1.165, 1.54) is 24.0 Å². The molecule has 158 valence electrons. The fraction of sp³-hybridized carbons (Fsp3) is 0.435. The Hall–Kier alpha value is -1.96. The molecule has 0 amide bonds. The number of benzene rings is 2. The zero-order valence-electron chi connectivity index (χ0n) is 17.5. The number of hydrogen-bond acceptors (Lipinski definition) is 3. The molecule has 2 aromatic carbocycles. The molecule has 0 bridgehead atoms. The molecule has 0 aliphatic heterocycles. The zero-order valence-corrected chi connectivity index (χ0v) is 19.9. The van der Waals surface area contributed by atoms with Crippen LogP contribution < -0.4 is 20.1 Å². The smallest absolute Gasteiger partial charge is 0.191 e. The second-order valence-electron chi connectivity index (χ2n) is 7.45. The highest BCUT2D eigenvalue weighted by atomic mass is 127. The topological polar surface area (TPSA) is 54.9 Å². The molecular weight excluding hydrogens is 477 g/mol. The molecule has 5 nitrogen and oxygen atoms in total. The van der Waals surface area contributed by atoms with Crippen LogP contribution in [0.4, 0.5) is 0 Å². The first kappa shape index (κ1) is 23.3. The maximum atomic E-state index is 5.38. The van der Waals surface area contributed by atoms with Crippen molar-refractivity contribution < 1.29 is 9.47 Å². The minimum absolute atomic E-state index is 0. The van der Waals surface area contributed by atoms with Gasteiger partial charge in [0, 0.05) is 20.1 Å². The summed E-state index contributed by atoms with van der Waals surface area (Å²) in [5.74, 6) is 2.38. The highest BCUT2D eigenvalue weighted by molar-refractivity contribution is 14.0. The molecule has 1 saturated carbocycles. The second-order valence-corrected chi connectivity index (χ2v) is 7.45. The normalized spacial score (nSPS) is 14.5. The average molecular weight is 509 g/mol. The minimum atomic E-state index is 0. The Bertz CT molecular complexity index is 792. The third-order valence-electron chi connectivity index (χ3n) is 5.39. The monoisotopic (exact) mass is 509 g/mol. The van der Waals surface area contributed by atoms with E-state index in [-0.39, 0.29) is 24.0 Å². The number of nitrogens with zero attached hydrogens (tertiary/aromatic N) is 1. The molecule has 2 N–H and O–H groups in total. The summed E-state index contributed by atoms with van der Waals surface area (Å²) >= 11 is 0. The largest absolute Gasteiger partial charge is 0.493 e. The standard InChI is InChI=1S/C23H31N3O2.HI/c1-24-22(25-14-11-18-9-10-20(27-2)21(15-18)28-3)26-17-23(12-13-23)16-19-7-5-4-6-8-19;/h4-10,15H,11-14,16-17H2,1-3H3,(H2,24,25,26);1H. The Morgan fingerprint density at radius 2 is 1.69 bits per heavy atom. The summed E-state index contributed by atoms with van der Waals surface area (Å²) in [6.45, 7) is 1.76. The quantitative estimate of drug-likeness (QED) is 0.304. The lowest BCUT2D eigenvalue weighted by atomic mass is 9.96. The number of aliphatic imine (C=N–C) groups is 1. The first-order valence-corrected chi connectivity index (χ1v) is 9.87. The summed E-state index contributed by atoms with van der Waals surface area (Å²) in [7, 11) is 5.14. The Balaban J connectivity index is 0.00000300. The van der Waals surface area contributed by atoms with Crippen molar-refractivity contribution in [1.82, 2.24) is 10.6 Å². The fourth-order valence-electron chi connectivity index (χ4n) is 3.47. The summed E-state index contributed by atoms with van der Waals surface area (Å²) in [5, 5.41) is 6.93. The van der Waals surface area contributed by atoms with Crippen LogP contribution in [0.15, 0.2) is 53.5 Å². The van der Waals surface area contributed by atoms with Crippen LogP contribution >= 0.6 is 24.0 Å². The maximum Gasteiger partial charge on any atom is 0.191 e. The third-order valence-corrected chi connectivity index (χ3v) is 5.39. The molecule has 3 rings (SSSR count). The predicted octanol–water partition coefficient (Wildman–Crippen LogP) is 4.05. The van der Waals surface area contributed by atoms with E-state index in [1.54, 1.807) is 14.2 Å². The number of ether oxygens (including phenoxy) is 2. The van der Waals surface area contributed by atoms with Gasteiger partial charge in [-0.1, -0.05) is 36.4 Å². The second kappa shape index (κ2) is 11.3. The molecule has 0 radical (unpaired) electrons. The molecule has 0 aromatic heterocycles. The molecule has 0 spiro atoms. The van der Waals surface area contributed by atoms with Crippen LogP contribution in [0.1, 0.15) is 24.0 Å². The lowest BCUT2D eigenvalue weighted by Gasteiger charge is -2.19. The van der Waals surface area contributed by atoms with Crippen LogP contribution in [0.2, 0.25) is 0 Å². The Morgan fingerprint density at radius 1 is 0.966 bits per heavy atom. The van der Waals surface area contributed by atoms with Crippen molar-refractivity contribution in [1.29, 1.82) is 0 Å². The van der Waals surface area contributed by atoms with Crippen molar-refractivity contribution in [3.8, 4) is 11.5 Å². The number of methoxy groups -OCH3 is 2. The van der Waals surface area contributed by atoms with Crippen molar-refractivity contribution in [2.75, 3.05) is 34.4 Å². The number of guanidine groups is 1. The SMILES string of the molecule is CN=C(NCCc1ccc(OC)c(OC)c1)NCC1(Cc2ccccc2)CC1.I. The van der Waals surface area contributed by atoms with Gasteiger partial charge in [0.05, 0.1) is 14.2 Å². The van der Waals surface area contributed by atoms with Crippen LogP contribution in [-0.4, -0.2) is 40.3 Å². The van der Waals surface area contributed by atoms with Gasteiger partial charge in [0.15, 0.2) is 17.5 Å². The summed E-state index contributed by atoms with van der Waals surface area (Å²) in [6.07, 6.45) is 4.56. The van der Waals surface area contributed by atoms with Crippen molar-refractivity contribution in [2.24, 2.45) is 10.4 Å². The number of rotatable bonds is 9. The van der Waals surface area contributed by atoms with Gasteiger partial charge in [-0.15, -0.1) is 24.0 Å². The van der Waals surface area contributed by atoms with Crippen LogP contribution in [0.3, 0.4) is 0 Å². The molecule has 1 aliphatic rings. The molecular formula is C23H32IN3O2. The van der Waals surface area contributed by atoms with Gasteiger partial charge in [0.25, 0.3) is 0 Å². The molecule has 2 aromatic rings. The first-order valence-electron chi connectivity index (χ1n) is 9.87. The van der Waals surface area contributed by atoms with Crippen LogP contribution in [0, 0.1) is 5.41 Å². The molecule has 1 aliphatic carbocycles. The Morgan fingerprint density at radius 3 is 2.31 bits per heavy atom. The zero-order chi connectivity index (χ0) is 19.8. The van der Waals surface area contributed by atoms with E-state index in [9.17, 15) is 0 Å². The Kier molecular flexibility index (Phi) is 9.07. The van der Waals surface area contributed by atoms with Gasteiger partial charge < -0.3 is 20.1 Å². The van der Waals surface area contributed by atoms with Gasteiger partial charge in [-0.25, -0.2) is 0 Å². The lowest BCUT2D eigenvalue weighted by molar-refractivity contribution is 0.354. The van der Waals surface area contributed by atoms with E-state index in [2.05, 4.69) is 52.0 Å². The highest BCUT2D eigenvalue weighted by Crippen LogP contribution is 2.47. The average Bonchev–Trinajstić information content (AvgIpc) is 3.50. The summed E-state index contributed by atoms with van der Waals surface area (Å²) < 4.78 is 10.7. The molecule has 0 saturated heterocycles. The van der Waals surface area contributed by atoms with Gasteiger partial charge in [-0.3, -0.25) is 4.99 Å². The van der Waals surface area contributed by atoms with Crippen molar-refractivity contribution >= 4 is 29.9 Å². The van der Waals surface area contributed by atoms with Gasteiger partial charge in [0.2, 0.25) is 0 Å². The minimum Gasteiger partial charge on any atom is -0.493 e. The summed E-state index contributed by atoms with van der Waals surface area (Å²) in [6, 6.07) is 16.8. The summed E-state index contributed by atoms with van der Waals surface area (Å²) in [5.41, 5.74) is 2.99. The molecule has 0 atom stereocenters. The fourth-order valence-corrected chi connectivity index (χ4v) is 3.47. The highest BCUT2D eigenvalue weighted by Gasteiger charge is 2.42.